The van der Waals surface area contributed by atoms with Crippen molar-refractivity contribution in [2.75, 3.05) is 18.5 Å². The van der Waals surface area contributed by atoms with Crippen LogP contribution in [0.1, 0.15) is 12.8 Å². The molecule has 3 heterocycles. The monoisotopic (exact) mass is 393 g/mol. The van der Waals surface area contributed by atoms with E-state index in [1.54, 1.807) is 17.7 Å². The van der Waals surface area contributed by atoms with Crippen molar-refractivity contribution in [2.45, 2.75) is 25.0 Å². The molecule has 0 saturated carbocycles. The summed E-state index contributed by atoms with van der Waals surface area (Å²) in [5.74, 6) is 0.730. The molecular formula is C20H23N7S. The lowest BCUT2D eigenvalue weighted by atomic mass is 9.97. The van der Waals surface area contributed by atoms with Crippen molar-refractivity contribution in [1.29, 1.82) is 5.26 Å². The molecule has 28 heavy (non-hydrogen) atoms. The number of hydrazine groups is 1. The normalized spacial score (nSPS) is 21.7. The molecule has 1 fully saturated rings. The Bertz CT molecular complexity index is 981. The molecule has 8 heteroatoms. The molecule has 4 N–H and O–H groups in total. The van der Waals surface area contributed by atoms with Gasteiger partial charge in [-0.1, -0.05) is 30.3 Å². The van der Waals surface area contributed by atoms with Crippen LogP contribution in [0.15, 0.2) is 42.0 Å². The first-order valence-electron chi connectivity index (χ1n) is 9.34. The highest BCUT2D eigenvalue weighted by atomic mass is 32.1. The molecule has 1 aliphatic rings. The van der Waals surface area contributed by atoms with Crippen LogP contribution in [0.25, 0.3) is 21.3 Å². The summed E-state index contributed by atoms with van der Waals surface area (Å²) in [7, 11) is 2.06. The fraction of sp³-hybridized carbons (Fsp3) is 0.350. The molecule has 4 rings (SSSR count). The maximum absolute atomic E-state index is 9.29. The van der Waals surface area contributed by atoms with Crippen molar-refractivity contribution in [2.24, 2.45) is 11.7 Å². The summed E-state index contributed by atoms with van der Waals surface area (Å²) in [5, 5.41) is 12.5. The van der Waals surface area contributed by atoms with Crippen molar-refractivity contribution < 1.29 is 0 Å². The van der Waals surface area contributed by atoms with Crippen molar-refractivity contribution in [3.63, 3.8) is 0 Å². The Balaban J connectivity index is 1.51. The van der Waals surface area contributed by atoms with Crippen LogP contribution in [0, 0.1) is 17.2 Å². The zero-order chi connectivity index (χ0) is 19.5. The second kappa shape index (κ2) is 8.20. The first-order valence-corrected chi connectivity index (χ1v) is 10.2. The average molecular weight is 394 g/mol. The largest absolute Gasteiger partial charge is 0.359 e. The molecule has 0 aliphatic carbocycles. The van der Waals surface area contributed by atoms with E-state index in [-0.39, 0.29) is 18.1 Å². The van der Waals surface area contributed by atoms with E-state index in [0.29, 0.717) is 0 Å². The molecule has 144 valence electrons. The number of rotatable bonds is 6. The first kappa shape index (κ1) is 18.8. The number of nitriles is 1. The number of nitrogens with zero attached hydrogens (tertiary/aromatic N) is 4. The van der Waals surface area contributed by atoms with Crippen LogP contribution in [0.2, 0.25) is 0 Å². The number of nitrogens with two attached hydrogens (primary N) is 1. The second-order valence-corrected chi connectivity index (χ2v) is 7.89. The van der Waals surface area contributed by atoms with E-state index in [1.807, 2.05) is 18.2 Å². The van der Waals surface area contributed by atoms with E-state index in [2.05, 4.69) is 56.3 Å². The van der Waals surface area contributed by atoms with E-state index >= 15 is 0 Å². The standard InChI is InChI=1S/C20H23N7S/c1-27(9-5-8-16-14(10-21)18(22)26-25-16)19-17-15(13-6-3-2-4-7-13)11-28-20(17)24-12-23-19/h2-4,6-7,11-12,14,16,18,25-26H,5,8-9,22H2,1H3. The maximum Gasteiger partial charge on any atom is 0.141 e. The van der Waals surface area contributed by atoms with Crippen LogP contribution in [0.4, 0.5) is 5.82 Å². The lowest BCUT2D eigenvalue weighted by Gasteiger charge is -2.21. The predicted molar refractivity (Wildman–Crippen MR) is 112 cm³/mol. The number of thiophene rings is 1. The Morgan fingerprint density at radius 2 is 2.07 bits per heavy atom. The lowest BCUT2D eigenvalue weighted by Crippen LogP contribution is -2.38. The van der Waals surface area contributed by atoms with Crippen LogP contribution in [-0.4, -0.2) is 35.8 Å². The summed E-state index contributed by atoms with van der Waals surface area (Å²) >= 11 is 1.64. The highest BCUT2D eigenvalue weighted by Crippen LogP contribution is 2.37. The Morgan fingerprint density at radius 1 is 1.25 bits per heavy atom. The summed E-state index contributed by atoms with van der Waals surface area (Å²) in [6, 6.07) is 12.7. The quantitative estimate of drug-likeness (QED) is 0.591. The topological polar surface area (TPSA) is 103 Å². The SMILES string of the molecule is CN(CCCC1NNC(N)C1C#N)c1ncnc2scc(-c3ccccc3)c12. The van der Waals surface area contributed by atoms with Gasteiger partial charge in [0, 0.05) is 30.6 Å². The van der Waals surface area contributed by atoms with E-state index in [0.717, 1.165) is 35.4 Å². The van der Waals surface area contributed by atoms with Gasteiger partial charge in [0.25, 0.3) is 0 Å². The fourth-order valence-corrected chi connectivity index (χ4v) is 4.60. The predicted octanol–water partition coefficient (Wildman–Crippen LogP) is 2.48. The number of hydrogen-bond donors (Lipinski definition) is 3. The Morgan fingerprint density at radius 3 is 2.86 bits per heavy atom. The number of aromatic nitrogens is 2. The van der Waals surface area contributed by atoms with Gasteiger partial charge in [0.1, 0.15) is 17.0 Å². The number of benzene rings is 1. The molecular weight excluding hydrogens is 370 g/mol. The summed E-state index contributed by atoms with van der Waals surface area (Å²) in [6.45, 7) is 0.835. The van der Waals surface area contributed by atoms with Crippen LogP contribution < -0.4 is 21.5 Å². The summed E-state index contributed by atoms with van der Waals surface area (Å²) < 4.78 is 0. The van der Waals surface area contributed by atoms with Gasteiger partial charge in [0.15, 0.2) is 0 Å². The van der Waals surface area contributed by atoms with Crippen molar-refractivity contribution >= 4 is 27.4 Å². The van der Waals surface area contributed by atoms with Crippen molar-refractivity contribution in [1.82, 2.24) is 20.8 Å². The van der Waals surface area contributed by atoms with E-state index in [1.165, 1.54) is 11.1 Å². The van der Waals surface area contributed by atoms with Gasteiger partial charge in [-0.3, -0.25) is 5.43 Å². The van der Waals surface area contributed by atoms with Gasteiger partial charge < -0.3 is 10.6 Å². The van der Waals surface area contributed by atoms with Gasteiger partial charge in [-0.15, -0.1) is 11.3 Å². The minimum absolute atomic E-state index is 0.0693. The first-order chi connectivity index (χ1) is 13.7. The number of anilines is 1. The Labute approximate surface area is 168 Å². The minimum Gasteiger partial charge on any atom is -0.359 e. The minimum atomic E-state index is -0.312. The molecule has 3 aromatic rings. The van der Waals surface area contributed by atoms with Gasteiger partial charge in [-0.25, -0.2) is 15.4 Å². The average Bonchev–Trinajstić information content (AvgIpc) is 3.31. The van der Waals surface area contributed by atoms with Crippen molar-refractivity contribution in [3.05, 3.63) is 42.0 Å². The second-order valence-electron chi connectivity index (χ2n) is 7.03. The fourth-order valence-electron chi connectivity index (χ4n) is 3.69. The molecule has 1 aromatic carbocycles. The molecule has 0 bridgehead atoms. The van der Waals surface area contributed by atoms with E-state index in [9.17, 15) is 5.26 Å². The third kappa shape index (κ3) is 3.57. The molecule has 2 aromatic heterocycles. The van der Waals surface area contributed by atoms with Crippen LogP contribution in [0.5, 0.6) is 0 Å². The zero-order valence-corrected chi connectivity index (χ0v) is 16.5. The maximum atomic E-state index is 9.29. The lowest BCUT2D eigenvalue weighted by molar-refractivity contribution is 0.463. The third-order valence-corrected chi connectivity index (χ3v) is 6.10. The van der Waals surface area contributed by atoms with Crippen LogP contribution in [0.3, 0.4) is 0 Å². The van der Waals surface area contributed by atoms with Gasteiger partial charge in [0.2, 0.25) is 0 Å². The summed E-state index contributed by atoms with van der Waals surface area (Å²) in [5.41, 5.74) is 14.3. The molecule has 1 saturated heterocycles. The molecule has 3 unspecified atom stereocenters. The van der Waals surface area contributed by atoms with Gasteiger partial charge in [0.05, 0.1) is 23.5 Å². The van der Waals surface area contributed by atoms with Gasteiger partial charge >= 0.3 is 0 Å². The molecule has 0 spiro atoms. The molecule has 1 aliphatic heterocycles. The highest BCUT2D eigenvalue weighted by Gasteiger charge is 2.33. The smallest absolute Gasteiger partial charge is 0.141 e. The Kier molecular flexibility index (Phi) is 5.50. The summed E-state index contributed by atoms with van der Waals surface area (Å²) in [4.78, 5) is 12.2. The molecule has 0 amide bonds. The molecule has 3 atom stereocenters. The van der Waals surface area contributed by atoms with Crippen LogP contribution in [-0.2, 0) is 0 Å². The number of fused-ring (bicyclic) bond motifs is 1. The number of nitrogens with one attached hydrogen (secondary N) is 2. The van der Waals surface area contributed by atoms with Crippen LogP contribution >= 0.6 is 11.3 Å². The van der Waals surface area contributed by atoms with E-state index < -0.39 is 0 Å². The highest BCUT2D eigenvalue weighted by molar-refractivity contribution is 7.17. The molecule has 7 nitrogen and oxygen atoms in total. The zero-order valence-electron chi connectivity index (χ0n) is 15.7. The van der Waals surface area contributed by atoms with Gasteiger partial charge in [-0.2, -0.15) is 5.26 Å². The van der Waals surface area contributed by atoms with Crippen molar-refractivity contribution in [3.8, 4) is 17.2 Å². The third-order valence-electron chi connectivity index (χ3n) is 5.21. The van der Waals surface area contributed by atoms with Gasteiger partial charge in [-0.05, 0) is 18.4 Å². The summed E-state index contributed by atoms with van der Waals surface area (Å²) in [6.07, 6.45) is 3.12. The van der Waals surface area contributed by atoms with E-state index in [4.69, 9.17) is 5.73 Å². The Hall–Kier alpha value is -2.57. The molecule has 0 radical (unpaired) electrons. The number of hydrogen-bond acceptors (Lipinski definition) is 8.